The molecular formula is C18H17N3O2S. The molecule has 1 aliphatic rings. The zero-order chi connectivity index (χ0) is 16.5. The number of nitrogens with one attached hydrogen (secondary N) is 1. The number of hydrogen-bond acceptors (Lipinski definition) is 4. The molecule has 0 saturated heterocycles. The summed E-state index contributed by atoms with van der Waals surface area (Å²) in [6.07, 6.45) is 2.39. The molecule has 1 aromatic carbocycles. The van der Waals surface area contributed by atoms with E-state index in [0.717, 1.165) is 12.1 Å². The van der Waals surface area contributed by atoms with Gasteiger partial charge in [-0.15, -0.1) is 11.3 Å². The predicted molar refractivity (Wildman–Crippen MR) is 92.8 cm³/mol. The Kier molecular flexibility index (Phi) is 3.92. The number of aromatic nitrogens is 2. The zero-order valence-corrected chi connectivity index (χ0v) is 13.8. The van der Waals surface area contributed by atoms with E-state index in [4.69, 9.17) is 0 Å². The van der Waals surface area contributed by atoms with Crippen LogP contribution in [-0.4, -0.2) is 32.5 Å². The van der Waals surface area contributed by atoms with Crippen LogP contribution in [0.3, 0.4) is 0 Å². The molecule has 0 saturated carbocycles. The van der Waals surface area contributed by atoms with Crippen LogP contribution >= 0.6 is 11.3 Å². The van der Waals surface area contributed by atoms with Crippen molar-refractivity contribution in [2.45, 2.75) is 19.0 Å². The lowest BCUT2D eigenvalue weighted by molar-refractivity contribution is -0.144. The summed E-state index contributed by atoms with van der Waals surface area (Å²) in [5.41, 5.74) is 2.78. The summed E-state index contributed by atoms with van der Waals surface area (Å²) in [4.78, 5) is 23.4. The molecule has 3 heterocycles. The van der Waals surface area contributed by atoms with Crippen molar-refractivity contribution < 1.29 is 9.90 Å². The van der Waals surface area contributed by atoms with Crippen LogP contribution in [0.25, 0.3) is 10.4 Å². The Balaban J connectivity index is 1.57. The molecule has 3 aromatic rings. The van der Waals surface area contributed by atoms with E-state index in [0.29, 0.717) is 18.8 Å². The SMILES string of the molecule is O=C(O)[C@@H]1c2nc[nH]c2CCN1Cc1ccc(-c2ccccc2)s1. The Hall–Kier alpha value is -2.44. The van der Waals surface area contributed by atoms with Crippen LogP contribution < -0.4 is 0 Å². The van der Waals surface area contributed by atoms with Crippen LogP contribution in [0.5, 0.6) is 0 Å². The number of benzene rings is 1. The quantitative estimate of drug-likeness (QED) is 0.765. The molecule has 6 heteroatoms. The first-order chi connectivity index (χ1) is 11.7. The molecule has 0 unspecified atom stereocenters. The summed E-state index contributed by atoms with van der Waals surface area (Å²) in [5.74, 6) is -0.845. The highest BCUT2D eigenvalue weighted by Gasteiger charge is 2.35. The van der Waals surface area contributed by atoms with Crippen molar-refractivity contribution in [2.75, 3.05) is 6.54 Å². The molecule has 0 spiro atoms. The van der Waals surface area contributed by atoms with Crippen LogP contribution in [0.2, 0.25) is 0 Å². The largest absolute Gasteiger partial charge is 0.480 e. The number of H-pyrrole nitrogens is 1. The minimum absolute atomic E-state index is 0.626. The van der Waals surface area contributed by atoms with E-state index < -0.39 is 12.0 Å². The van der Waals surface area contributed by atoms with Crippen molar-refractivity contribution >= 4 is 17.3 Å². The number of carbonyl (C=O) groups is 1. The number of thiophene rings is 1. The summed E-state index contributed by atoms with van der Waals surface area (Å²) in [7, 11) is 0. The van der Waals surface area contributed by atoms with Gasteiger partial charge < -0.3 is 10.1 Å². The summed E-state index contributed by atoms with van der Waals surface area (Å²) in [6.45, 7) is 1.34. The number of rotatable bonds is 4. The van der Waals surface area contributed by atoms with Gasteiger partial charge in [-0.1, -0.05) is 30.3 Å². The van der Waals surface area contributed by atoms with Gasteiger partial charge in [0.1, 0.15) is 0 Å². The maximum Gasteiger partial charge on any atom is 0.327 e. The third-order valence-electron chi connectivity index (χ3n) is 4.34. The van der Waals surface area contributed by atoms with Crippen molar-refractivity contribution in [2.24, 2.45) is 0 Å². The molecule has 0 radical (unpaired) electrons. The third kappa shape index (κ3) is 2.74. The molecule has 2 aromatic heterocycles. The van der Waals surface area contributed by atoms with Crippen molar-refractivity contribution in [3.05, 3.63) is 65.1 Å². The van der Waals surface area contributed by atoms with Gasteiger partial charge in [0.2, 0.25) is 0 Å². The highest BCUT2D eigenvalue weighted by molar-refractivity contribution is 7.15. The molecule has 4 rings (SSSR count). The smallest absolute Gasteiger partial charge is 0.327 e. The van der Waals surface area contributed by atoms with E-state index in [9.17, 15) is 9.90 Å². The van der Waals surface area contributed by atoms with Gasteiger partial charge in [-0.05, 0) is 17.7 Å². The van der Waals surface area contributed by atoms with E-state index >= 15 is 0 Å². The van der Waals surface area contributed by atoms with Gasteiger partial charge in [-0.25, -0.2) is 4.98 Å². The highest BCUT2D eigenvalue weighted by atomic mass is 32.1. The second-order valence-corrected chi connectivity index (χ2v) is 7.03. The molecule has 1 aliphatic heterocycles. The number of nitrogens with zero attached hydrogens (tertiary/aromatic N) is 2. The predicted octanol–water partition coefficient (Wildman–Crippen LogP) is 3.32. The molecule has 0 fully saturated rings. The lowest BCUT2D eigenvalue weighted by atomic mass is 10.0. The van der Waals surface area contributed by atoms with Crippen LogP contribution in [0.4, 0.5) is 0 Å². The maximum absolute atomic E-state index is 11.8. The molecule has 5 nitrogen and oxygen atoms in total. The number of carboxylic acid groups (broad SMARTS) is 1. The molecule has 122 valence electrons. The molecule has 0 bridgehead atoms. The van der Waals surface area contributed by atoms with E-state index in [1.165, 1.54) is 15.3 Å². The lowest BCUT2D eigenvalue weighted by Gasteiger charge is -2.31. The molecule has 0 amide bonds. The Morgan fingerprint density at radius 3 is 2.92 bits per heavy atom. The second-order valence-electron chi connectivity index (χ2n) is 5.86. The van der Waals surface area contributed by atoms with E-state index in [1.807, 2.05) is 23.1 Å². The van der Waals surface area contributed by atoms with Crippen molar-refractivity contribution in [3.63, 3.8) is 0 Å². The average Bonchev–Trinajstić information content (AvgIpc) is 3.24. The Bertz CT molecular complexity index is 856. The molecule has 24 heavy (non-hydrogen) atoms. The van der Waals surface area contributed by atoms with Crippen molar-refractivity contribution in [3.8, 4) is 10.4 Å². The van der Waals surface area contributed by atoms with E-state index in [1.54, 1.807) is 17.7 Å². The fourth-order valence-electron chi connectivity index (χ4n) is 3.19. The standard InChI is InChI=1S/C18H17N3O2S/c22-18(23)17-16-14(19-11-20-16)8-9-21(17)10-13-6-7-15(24-13)12-4-2-1-3-5-12/h1-7,11,17H,8-10H2,(H,19,20)(H,22,23)/t17-/m0/s1. The molecule has 2 N–H and O–H groups in total. The van der Waals surface area contributed by atoms with Gasteiger partial charge in [0.05, 0.1) is 12.0 Å². The van der Waals surface area contributed by atoms with Gasteiger partial charge in [-0.3, -0.25) is 9.69 Å². The van der Waals surface area contributed by atoms with E-state index in [2.05, 4.69) is 34.2 Å². The summed E-state index contributed by atoms with van der Waals surface area (Å²) < 4.78 is 0. The van der Waals surface area contributed by atoms with Crippen LogP contribution in [0, 0.1) is 0 Å². The first-order valence-corrected chi connectivity index (χ1v) is 8.67. The average molecular weight is 339 g/mol. The van der Waals surface area contributed by atoms with Gasteiger partial charge in [-0.2, -0.15) is 0 Å². The minimum atomic E-state index is -0.845. The Morgan fingerprint density at radius 2 is 2.12 bits per heavy atom. The normalized spacial score (nSPS) is 17.6. The zero-order valence-electron chi connectivity index (χ0n) is 13.0. The highest BCUT2D eigenvalue weighted by Crippen LogP contribution is 2.33. The van der Waals surface area contributed by atoms with Crippen molar-refractivity contribution in [1.82, 2.24) is 14.9 Å². The molecule has 1 atom stereocenters. The lowest BCUT2D eigenvalue weighted by Crippen LogP contribution is -2.39. The molecular weight excluding hydrogens is 322 g/mol. The third-order valence-corrected chi connectivity index (χ3v) is 5.46. The first-order valence-electron chi connectivity index (χ1n) is 7.85. The number of aromatic amines is 1. The maximum atomic E-state index is 11.8. The van der Waals surface area contributed by atoms with Gasteiger partial charge in [0, 0.05) is 35.0 Å². The minimum Gasteiger partial charge on any atom is -0.480 e. The first kappa shape index (κ1) is 15.1. The summed E-state index contributed by atoms with van der Waals surface area (Å²) in [6, 6.07) is 13.8. The fraction of sp³-hybridized carbons (Fsp3) is 0.222. The van der Waals surface area contributed by atoms with E-state index in [-0.39, 0.29) is 0 Å². The monoisotopic (exact) mass is 339 g/mol. The number of carboxylic acids is 1. The number of aliphatic carboxylic acids is 1. The summed E-state index contributed by atoms with van der Waals surface area (Å²) >= 11 is 1.71. The molecule has 0 aliphatic carbocycles. The fourth-order valence-corrected chi connectivity index (χ4v) is 4.23. The van der Waals surface area contributed by atoms with Crippen LogP contribution in [0.1, 0.15) is 22.3 Å². The number of imidazole rings is 1. The van der Waals surface area contributed by atoms with Gasteiger partial charge in [0.15, 0.2) is 6.04 Å². The summed E-state index contributed by atoms with van der Waals surface area (Å²) in [5, 5.41) is 9.64. The van der Waals surface area contributed by atoms with Gasteiger partial charge >= 0.3 is 5.97 Å². The number of hydrogen-bond donors (Lipinski definition) is 2. The van der Waals surface area contributed by atoms with Gasteiger partial charge in [0.25, 0.3) is 0 Å². The van der Waals surface area contributed by atoms with Crippen molar-refractivity contribution in [1.29, 1.82) is 0 Å². The Labute approximate surface area is 143 Å². The van der Waals surface area contributed by atoms with Crippen LogP contribution in [-0.2, 0) is 17.8 Å². The topological polar surface area (TPSA) is 69.2 Å². The Morgan fingerprint density at radius 1 is 1.29 bits per heavy atom. The second kappa shape index (κ2) is 6.22. The number of fused-ring (bicyclic) bond motifs is 1. The van der Waals surface area contributed by atoms with Crippen LogP contribution in [0.15, 0.2) is 48.8 Å².